The Balaban J connectivity index is 2.14. The molecule has 4 atom stereocenters. The Bertz CT molecular complexity index is 326. The molecule has 1 fully saturated rings. The van der Waals surface area contributed by atoms with Crippen molar-refractivity contribution in [1.82, 2.24) is 0 Å². The number of unbranched alkanes of at least 4 members (excludes halogenated alkanes) is 2. The van der Waals surface area contributed by atoms with Crippen LogP contribution in [0.1, 0.15) is 58.3 Å². The van der Waals surface area contributed by atoms with Crippen LogP contribution in [0.15, 0.2) is 0 Å². The fourth-order valence-corrected chi connectivity index (χ4v) is 2.43. The third kappa shape index (κ3) is 6.39. The maximum atomic E-state index is 8.52. The van der Waals surface area contributed by atoms with Gasteiger partial charge in [-0.15, -0.1) is 5.92 Å². The van der Waals surface area contributed by atoms with Crippen LogP contribution in [0.5, 0.6) is 0 Å². The quantitative estimate of drug-likeness (QED) is 0.376. The number of hydrogen-bond acceptors (Lipinski definition) is 2. The van der Waals surface area contributed by atoms with Gasteiger partial charge in [0.15, 0.2) is 0 Å². The van der Waals surface area contributed by atoms with E-state index in [-0.39, 0.29) is 6.10 Å². The van der Waals surface area contributed by atoms with Crippen molar-refractivity contribution in [2.75, 3.05) is 0 Å². The second-order valence-electron chi connectivity index (χ2n) is 5.10. The van der Waals surface area contributed by atoms with Crippen LogP contribution >= 0.6 is 9.47 Å². The van der Waals surface area contributed by atoms with Crippen LogP contribution in [0.4, 0.5) is 0 Å². The molecule has 2 unspecified atom stereocenters. The van der Waals surface area contributed by atoms with Crippen molar-refractivity contribution >= 4 is 9.47 Å². The Morgan fingerprint density at radius 3 is 2.89 bits per heavy atom. The molecular formula is C15H24NOP. The molecule has 0 N–H and O–H groups in total. The summed E-state index contributed by atoms with van der Waals surface area (Å²) in [6, 6.07) is 2.21. The fourth-order valence-electron chi connectivity index (χ4n) is 2.22. The van der Waals surface area contributed by atoms with Gasteiger partial charge in [-0.1, -0.05) is 25.7 Å². The molecule has 0 heterocycles. The minimum atomic E-state index is 0.0814. The maximum Gasteiger partial charge on any atom is 0.121 e. The molecule has 100 valence electrons. The zero-order chi connectivity index (χ0) is 13.2. The number of nitriles is 1. The summed E-state index contributed by atoms with van der Waals surface area (Å²) in [6.07, 6.45) is 8.80. The van der Waals surface area contributed by atoms with E-state index in [0.29, 0.717) is 6.42 Å². The van der Waals surface area contributed by atoms with Gasteiger partial charge in [0.05, 0.1) is 6.07 Å². The highest BCUT2D eigenvalue weighted by atomic mass is 31.0. The zero-order valence-corrected chi connectivity index (χ0v) is 12.5. The monoisotopic (exact) mass is 265 g/mol. The van der Waals surface area contributed by atoms with Crippen LogP contribution in [0, 0.1) is 35.0 Å². The lowest BCUT2D eigenvalue weighted by atomic mass is 10.1. The van der Waals surface area contributed by atoms with Gasteiger partial charge in [0.25, 0.3) is 0 Å². The molecule has 0 aromatic heterocycles. The van der Waals surface area contributed by atoms with Gasteiger partial charge in [-0.05, 0) is 37.5 Å². The van der Waals surface area contributed by atoms with Crippen LogP contribution in [0.25, 0.3) is 0 Å². The molecule has 1 aliphatic carbocycles. The van der Waals surface area contributed by atoms with Crippen LogP contribution in [-0.4, -0.2) is 6.10 Å². The SMILES string of the molecule is CCCCCC(C#CC[C@H]1C[C@@H]1CCC#N)OP. The Labute approximate surface area is 114 Å². The summed E-state index contributed by atoms with van der Waals surface area (Å²) in [5.74, 6) is 7.98. The van der Waals surface area contributed by atoms with Crippen LogP contribution in [0.2, 0.25) is 0 Å². The minimum Gasteiger partial charge on any atom is -0.350 e. The second kappa shape index (κ2) is 9.38. The molecule has 0 spiro atoms. The molecule has 0 radical (unpaired) electrons. The summed E-state index contributed by atoms with van der Waals surface area (Å²) in [5.41, 5.74) is 0. The van der Waals surface area contributed by atoms with E-state index in [4.69, 9.17) is 9.79 Å². The number of hydrogen-bond donors (Lipinski definition) is 0. The van der Waals surface area contributed by atoms with Crippen LogP contribution in [-0.2, 0) is 4.52 Å². The first-order valence-electron chi connectivity index (χ1n) is 7.02. The van der Waals surface area contributed by atoms with Crippen molar-refractivity contribution in [3.63, 3.8) is 0 Å². The third-order valence-corrected chi connectivity index (χ3v) is 3.89. The lowest BCUT2D eigenvalue weighted by molar-refractivity contribution is 0.284. The maximum absolute atomic E-state index is 8.52. The van der Waals surface area contributed by atoms with E-state index in [2.05, 4.69) is 34.3 Å². The van der Waals surface area contributed by atoms with E-state index in [9.17, 15) is 0 Å². The predicted molar refractivity (Wildman–Crippen MR) is 77.6 cm³/mol. The Hall–Kier alpha value is -0.560. The van der Waals surface area contributed by atoms with Crippen molar-refractivity contribution in [2.45, 2.75) is 64.4 Å². The summed E-state index contributed by atoms with van der Waals surface area (Å²) in [7, 11) is 2.33. The average Bonchev–Trinajstić information content (AvgIpc) is 3.13. The molecular weight excluding hydrogens is 241 g/mol. The number of rotatable bonds is 8. The molecule has 0 amide bonds. The zero-order valence-electron chi connectivity index (χ0n) is 11.3. The van der Waals surface area contributed by atoms with Gasteiger partial charge < -0.3 is 4.52 Å². The van der Waals surface area contributed by atoms with Crippen molar-refractivity contribution in [3.05, 3.63) is 0 Å². The third-order valence-electron chi connectivity index (χ3n) is 3.56. The average molecular weight is 265 g/mol. The van der Waals surface area contributed by atoms with Crippen molar-refractivity contribution in [3.8, 4) is 17.9 Å². The van der Waals surface area contributed by atoms with Gasteiger partial charge >= 0.3 is 0 Å². The molecule has 18 heavy (non-hydrogen) atoms. The Morgan fingerprint density at radius 2 is 2.22 bits per heavy atom. The largest absolute Gasteiger partial charge is 0.350 e. The van der Waals surface area contributed by atoms with E-state index in [1.54, 1.807) is 0 Å². The van der Waals surface area contributed by atoms with Crippen molar-refractivity contribution in [1.29, 1.82) is 5.26 Å². The number of nitrogens with zero attached hydrogens (tertiary/aromatic N) is 1. The molecule has 1 rings (SSSR count). The van der Waals surface area contributed by atoms with Gasteiger partial charge in [-0.2, -0.15) is 5.26 Å². The Kier molecular flexibility index (Phi) is 8.08. The first-order chi connectivity index (χ1) is 8.81. The topological polar surface area (TPSA) is 33.0 Å². The van der Waals surface area contributed by atoms with Gasteiger partial charge in [0.2, 0.25) is 0 Å². The molecule has 3 heteroatoms. The summed E-state index contributed by atoms with van der Waals surface area (Å²) < 4.78 is 5.29. The fraction of sp³-hybridized carbons (Fsp3) is 0.800. The highest BCUT2D eigenvalue weighted by Gasteiger charge is 2.35. The van der Waals surface area contributed by atoms with Gasteiger partial charge in [-0.3, -0.25) is 0 Å². The van der Waals surface area contributed by atoms with Gasteiger partial charge in [-0.25, -0.2) is 0 Å². The standard InChI is InChI=1S/C15H24NOP/c1-2-3-4-9-15(17-18)10-5-7-13-12-14(13)8-6-11-16/h13-15H,2-4,6-9,12,18H2,1H3/t13-,14-,15?/m0/s1. The molecule has 0 aromatic rings. The lowest BCUT2D eigenvalue weighted by Crippen LogP contribution is -2.03. The summed E-state index contributed by atoms with van der Waals surface area (Å²) >= 11 is 0. The Morgan fingerprint density at radius 1 is 1.39 bits per heavy atom. The van der Waals surface area contributed by atoms with E-state index in [1.165, 1.54) is 25.7 Å². The summed E-state index contributed by atoms with van der Waals surface area (Å²) in [5, 5.41) is 8.52. The molecule has 2 nitrogen and oxygen atoms in total. The van der Waals surface area contributed by atoms with Crippen molar-refractivity contribution < 1.29 is 4.52 Å². The second-order valence-corrected chi connectivity index (χ2v) is 5.37. The summed E-state index contributed by atoms with van der Waals surface area (Å²) in [6.45, 7) is 2.21. The molecule has 0 saturated heterocycles. The molecule has 0 aliphatic heterocycles. The highest BCUT2D eigenvalue weighted by molar-refractivity contribution is 7.09. The van der Waals surface area contributed by atoms with Crippen LogP contribution in [0.3, 0.4) is 0 Å². The molecule has 1 saturated carbocycles. The van der Waals surface area contributed by atoms with E-state index >= 15 is 0 Å². The van der Waals surface area contributed by atoms with Gasteiger partial charge in [0.1, 0.15) is 6.10 Å². The molecule has 0 bridgehead atoms. The first-order valence-corrected chi connectivity index (χ1v) is 7.49. The summed E-state index contributed by atoms with van der Waals surface area (Å²) in [4.78, 5) is 0. The lowest BCUT2D eigenvalue weighted by Gasteiger charge is -2.06. The normalized spacial score (nSPS) is 22.7. The van der Waals surface area contributed by atoms with E-state index < -0.39 is 0 Å². The minimum absolute atomic E-state index is 0.0814. The highest BCUT2D eigenvalue weighted by Crippen LogP contribution is 2.44. The van der Waals surface area contributed by atoms with E-state index in [1.807, 2.05) is 0 Å². The van der Waals surface area contributed by atoms with Gasteiger partial charge in [0, 0.05) is 22.3 Å². The van der Waals surface area contributed by atoms with Crippen LogP contribution < -0.4 is 0 Å². The van der Waals surface area contributed by atoms with Crippen molar-refractivity contribution in [2.24, 2.45) is 11.8 Å². The molecule has 1 aliphatic rings. The smallest absolute Gasteiger partial charge is 0.121 e. The first kappa shape index (κ1) is 15.5. The molecule has 0 aromatic carbocycles. The predicted octanol–water partition coefficient (Wildman–Crippen LogP) is 4.08. The van der Waals surface area contributed by atoms with E-state index in [0.717, 1.165) is 31.1 Å².